The number of pyridine rings is 1. The number of rotatable bonds is 2. The third kappa shape index (κ3) is 2.38. The minimum absolute atomic E-state index is 0.370. The first-order valence-electron chi connectivity index (χ1n) is 6.13. The van der Waals surface area contributed by atoms with Gasteiger partial charge in [-0.3, -0.25) is 4.98 Å². The van der Waals surface area contributed by atoms with Crippen LogP contribution in [0.15, 0.2) is 54.7 Å². The van der Waals surface area contributed by atoms with E-state index in [1.807, 2.05) is 30.3 Å². The molecule has 100 valence electrons. The summed E-state index contributed by atoms with van der Waals surface area (Å²) < 4.78 is 0. The van der Waals surface area contributed by atoms with Crippen LogP contribution >= 0.6 is 23.2 Å². The Morgan fingerprint density at radius 1 is 1.00 bits per heavy atom. The molecule has 1 unspecified atom stereocenters. The van der Waals surface area contributed by atoms with Crippen molar-refractivity contribution in [2.75, 3.05) is 0 Å². The van der Waals surface area contributed by atoms with Crippen LogP contribution in [0.3, 0.4) is 0 Å². The molecule has 2 nitrogen and oxygen atoms in total. The monoisotopic (exact) mass is 303 g/mol. The molecule has 0 saturated heterocycles. The first kappa shape index (κ1) is 13.4. The van der Waals surface area contributed by atoms with E-state index in [1.165, 1.54) is 0 Å². The van der Waals surface area contributed by atoms with Gasteiger partial charge in [0.15, 0.2) is 0 Å². The van der Waals surface area contributed by atoms with E-state index < -0.39 is 6.10 Å². The van der Waals surface area contributed by atoms with Gasteiger partial charge in [0.2, 0.25) is 0 Å². The van der Waals surface area contributed by atoms with Crippen molar-refractivity contribution in [3.8, 4) is 0 Å². The van der Waals surface area contributed by atoms with E-state index in [-0.39, 0.29) is 0 Å². The predicted molar refractivity (Wildman–Crippen MR) is 82.3 cm³/mol. The smallest absolute Gasteiger partial charge is 0.107 e. The van der Waals surface area contributed by atoms with Crippen LogP contribution in [0.4, 0.5) is 0 Å². The molecule has 1 atom stereocenters. The van der Waals surface area contributed by atoms with Gasteiger partial charge in [-0.25, -0.2) is 0 Å². The maximum Gasteiger partial charge on any atom is 0.107 e. The Kier molecular flexibility index (Phi) is 3.62. The zero-order valence-electron chi connectivity index (χ0n) is 10.4. The van der Waals surface area contributed by atoms with Crippen molar-refractivity contribution >= 4 is 34.1 Å². The summed E-state index contributed by atoms with van der Waals surface area (Å²) in [6.45, 7) is 0. The summed E-state index contributed by atoms with van der Waals surface area (Å²) >= 11 is 12.1. The van der Waals surface area contributed by atoms with Gasteiger partial charge in [-0.15, -0.1) is 0 Å². The second kappa shape index (κ2) is 5.41. The molecule has 0 bridgehead atoms. The van der Waals surface area contributed by atoms with E-state index in [4.69, 9.17) is 23.2 Å². The van der Waals surface area contributed by atoms with E-state index in [1.54, 1.807) is 24.4 Å². The number of hydrogen-bond donors (Lipinski definition) is 1. The highest BCUT2D eigenvalue weighted by Gasteiger charge is 2.16. The molecule has 0 radical (unpaired) electrons. The number of fused-ring (bicyclic) bond motifs is 1. The van der Waals surface area contributed by atoms with E-state index in [0.717, 1.165) is 10.9 Å². The maximum atomic E-state index is 10.5. The molecule has 0 aliphatic carbocycles. The summed E-state index contributed by atoms with van der Waals surface area (Å²) in [6, 6.07) is 14.9. The Hall–Kier alpha value is -1.61. The molecule has 3 rings (SSSR count). The van der Waals surface area contributed by atoms with Crippen molar-refractivity contribution in [1.29, 1.82) is 0 Å². The molecule has 3 aromatic rings. The van der Waals surface area contributed by atoms with Gasteiger partial charge in [-0.2, -0.15) is 0 Å². The normalized spacial score (nSPS) is 12.6. The van der Waals surface area contributed by atoms with Crippen LogP contribution in [0.5, 0.6) is 0 Å². The Morgan fingerprint density at radius 2 is 1.80 bits per heavy atom. The highest BCUT2D eigenvalue weighted by Crippen LogP contribution is 2.33. The lowest BCUT2D eigenvalue weighted by molar-refractivity contribution is 0.220. The number of para-hydroxylation sites is 1. The number of aromatic nitrogens is 1. The number of hydrogen-bond acceptors (Lipinski definition) is 2. The van der Waals surface area contributed by atoms with E-state index >= 15 is 0 Å². The van der Waals surface area contributed by atoms with Crippen molar-refractivity contribution in [2.24, 2.45) is 0 Å². The minimum atomic E-state index is -0.849. The first-order valence-corrected chi connectivity index (χ1v) is 6.89. The van der Waals surface area contributed by atoms with Crippen LogP contribution in [-0.4, -0.2) is 10.1 Å². The lowest BCUT2D eigenvalue weighted by Gasteiger charge is -2.14. The molecule has 4 heteroatoms. The number of aliphatic hydroxyl groups is 1. The largest absolute Gasteiger partial charge is 0.384 e. The first-order chi connectivity index (χ1) is 9.66. The third-order valence-electron chi connectivity index (χ3n) is 3.20. The summed E-state index contributed by atoms with van der Waals surface area (Å²) in [5, 5.41) is 12.2. The molecule has 0 amide bonds. The zero-order valence-corrected chi connectivity index (χ0v) is 11.9. The predicted octanol–water partition coefficient (Wildman–Crippen LogP) is 4.62. The van der Waals surface area contributed by atoms with Gasteiger partial charge in [0.1, 0.15) is 6.10 Å². The van der Waals surface area contributed by atoms with Gasteiger partial charge in [-0.1, -0.05) is 53.5 Å². The molecule has 2 aromatic carbocycles. The van der Waals surface area contributed by atoms with Gasteiger partial charge in [-0.05, 0) is 18.2 Å². The van der Waals surface area contributed by atoms with E-state index in [2.05, 4.69) is 4.98 Å². The summed E-state index contributed by atoms with van der Waals surface area (Å²) in [4.78, 5) is 4.34. The molecule has 0 aliphatic rings. The molecule has 0 saturated carbocycles. The third-order valence-corrected chi connectivity index (χ3v) is 4.04. The number of aliphatic hydroxyl groups excluding tert-OH is 1. The Balaban J connectivity index is 2.08. The fraction of sp³-hybridized carbons (Fsp3) is 0.0625. The van der Waals surface area contributed by atoms with E-state index in [0.29, 0.717) is 21.2 Å². The minimum Gasteiger partial charge on any atom is -0.384 e. The molecular weight excluding hydrogens is 293 g/mol. The molecule has 1 N–H and O–H groups in total. The highest BCUT2D eigenvalue weighted by molar-refractivity contribution is 6.42. The Labute approximate surface area is 126 Å². The lowest BCUT2D eigenvalue weighted by Crippen LogP contribution is -2.01. The van der Waals surface area contributed by atoms with Crippen LogP contribution in [0.1, 0.15) is 17.2 Å². The zero-order chi connectivity index (χ0) is 14.1. The van der Waals surface area contributed by atoms with Crippen molar-refractivity contribution in [2.45, 2.75) is 6.10 Å². The van der Waals surface area contributed by atoms with Gasteiger partial charge in [0, 0.05) is 22.7 Å². The Bertz CT molecular complexity index is 773. The summed E-state index contributed by atoms with van der Waals surface area (Å²) in [7, 11) is 0. The van der Waals surface area contributed by atoms with Crippen molar-refractivity contribution in [1.82, 2.24) is 4.98 Å². The lowest BCUT2D eigenvalue weighted by atomic mass is 10.0. The number of halogens is 2. The quantitative estimate of drug-likeness (QED) is 0.749. The summed E-state index contributed by atoms with van der Waals surface area (Å²) in [5.41, 5.74) is 2.16. The van der Waals surface area contributed by atoms with Crippen molar-refractivity contribution in [3.05, 3.63) is 75.9 Å². The second-order valence-corrected chi connectivity index (χ2v) is 5.29. The van der Waals surface area contributed by atoms with Crippen LogP contribution in [0.25, 0.3) is 10.9 Å². The van der Waals surface area contributed by atoms with Gasteiger partial charge >= 0.3 is 0 Å². The van der Waals surface area contributed by atoms with Crippen LogP contribution in [0, 0.1) is 0 Å². The molecule has 0 fully saturated rings. The van der Waals surface area contributed by atoms with Crippen LogP contribution in [-0.2, 0) is 0 Å². The van der Waals surface area contributed by atoms with Gasteiger partial charge in [0.25, 0.3) is 0 Å². The average molecular weight is 304 g/mol. The number of nitrogens with zero attached hydrogens (tertiary/aromatic N) is 1. The standard InChI is InChI=1S/C16H11Cl2NO/c17-13-6-3-5-12(15(13)18)16(20)11-8-10-4-1-2-7-14(10)19-9-11/h1-9,16,20H. The van der Waals surface area contributed by atoms with Crippen molar-refractivity contribution in [3.63, 3.8) is 0 Å². The van der Waals surface area contributed by atoms with Gasteiger partial charge < -0.3 is 5.11 Å². The summed E-state index contributed by atoms with van der Waals surface area (Å²) in [6.07, 6.45) is 0.808. The van der Waals surface area contributed by atoms with Gasteiger partial charge in [0.05, 0.1) is 15.6 Å². The van der Waals surface area contributed by atoms with Crippen molar-refractivity contribution < 1.29 is 5.11 Å². The van der Waals surface area contributed by atoms with Crippen LogP contribution < -0.4 is 0 Å². The fourth-order valence-electron chi connectivity index (χ4n) is 2.15. The molecule has 1 heterocycles. The fourth-order valence-corrected chi connectivity index (χ4v) is 2.56. The second-order valence-electron chi connectivity index (χ2n) is 4.51. The summed E-state index contributed by atoms with van der Waals surface area (Å²) in [5.74, 6) is 0. The molecular formula is C16H11Cl2NO. The molecule has 1 aromatic heterocycles. The van der Waals surface area contributed by atoms with Crippen LogP contribution in [0.2, 0.25) is 10.0 Å². The molecule has 0 spiro atoms. The Morgan fingerprint density at radius 3 is 2.65 bits per heavy atom. The SMILES string of the molecule is OC(c1cnc2ccccc2c1)c1cccc(Cl)c1Cl. The topological polar surface area (TPSA) is 33.1 Å². The van der Waals surface area contributed by atoms with E-state index in [9.17, 15) is 5.11 Å². The molecule has 20 heavy (non-hydrogen) atoms. The highest BCUT2D eigenvalue weighted by atomic mass is 35.5. The number of benzene rings is 2. The average Bonchev–Trinajstić information content (AvgIpc) is 2.49. The maximum absolute atomic E-state index is 10.5. The molecule has 0 aliphatic heterocycles.